The summed E-state index contributed by atoms with van der Waals surface area (Å²) in [6, 6.07) is 5.93. The normalized spacial score (nSPS) is 20.9. The lowest BCUT2D eigenvalue weighted by molar-refractivity contribution is -0.133. The highest BCUT2D eigenvalue weighted by Gasteiger charge is 2.30. The first-order valence-corrected chi connectivity index (χ1v) is 9.10. The lowest BCUT2D eigenvalue weighted by Gasteiger charge is -2.33. The van der Waals surface area contributed by atoms with E-state index in [0.29, 0.717) is 31.8 Å². The van der Waals surface area contributed by atoms with Crippen LogP contribution in [0, 0.1) is 5.82 Å². The molecule has 26 heavy (non-hydrogen) atoms. The summed E-state index contributed by atoms with van der Waals surface area (Å²) in [7, 11) is 0. The second-order valence-electron chi connectivity index (χ2n) is 6.60. The number of carbonyl (C=O) groups is 2. The quantitative estimate of drug-likeness (QED) is 0.809. The van der Waals surface area contributed by atoms with Crippen LogP contribution in [0.1, 0.15) is 38.2 Å². The van der Waals surface area contributed by atoms with Crippen LogP contribution in [0.15, 0.2) is 29.4 Å². The van der Waals surface area contributed by atoms with Crippen LogP contribution in [0.4, 0.5) is 4.39 Å². The Kier molecular flexibility index (Phi) is 5.98. The van der Waals surface area contributed by atoms with Crippen LogP contribution in [0.5, 0.6) is 0 Å². The summed E-state index contributed by atoms with van der Waals surface area (Å²) in [6.07, 6.45) is 2.54. The number of rotatable bonds is 5. The van der Waals surface area contributed by atoms with Crippen molar-refractivity contribution in [2.45, 2.75) is 45.3 Å². The van der Waals surface area contributed by atoms with E-state index in [1.54, 1.807) is 17.0 Å². The molecule has 6 nitrogen and oxygen atoms in total. The Bertz CT molecular complexity index is 688. The van der Waals surface area contributed by atoms with E-state index in [4.69, 9.17) is 4.74 Å². The third-order valence-corrected chi connectivity index (χ3v) is 4.67. The van der Waals surface area contributed by atoms with E-state index in [1.165, 1.54) is 17.1 Å². The zero-order valence-electron chi connectivity index (χ0n) is 15.0. The molecule has 2 aliphatic rings. The molecular formula is C19H24FN3O3. The predicted octanol–water partition coefficient (Wildman–Crippen LogP) is 2.33. The summed E-state index contributed by atoms with van der Waals surface area (Å²) in [6.45, 7) is 4.07. The van der Waals surface area contributed by atoms with Gasteiger partial charge in [-0.2, -0.15) is 5.10 Å². The number of likely N-dealkylation sites (tertiary alicyclic amines) is 1. The number of hydrogen-bond donors (Lipinski definition) is 0. The second-order valence-corrected chi connectivity index (χ2v) is 6.60. The van der Waals surface area contributed by atoms with Crippen LogP contribution in [-0.4, -0.2) is 53.2 Å². The van der Waals surface area contributed by atoms with Gasteiger partial charge >= 0.3 is 0 Å². The maximum absolute atomic E-state index is 13.0. The van der Waals surface area contributed by atoms with E-state index >= 15 is 0 Å². The number of nitrogens with zero attached hydrogens (tertiary/aromatic N) is 3. The fourth-order valence-corrected chi connectivity index (χ4v) is 3.32. The Morgan fingerprint density at radius 2 is 2.08 bits per heavy atom. The molecule has 3 rings (SSSR count). The van der Waals surface area contributed by atoms with Gasteiger partial charge in [0, 0.05) is 32.5 Å². The molecule has 7 heteroatoms. The molecule has 140 valence electrons. The smallest absolute Gasteiger partial charge is 0.270 e. The first-order valence-electron chi connectivity index (χ1n) is 9.10. The maximum Gasteiger partial charge on any atom is 0.270 e. The van der Waals surface area contributed by atoms with Crippen LogP contribution < -0.4 is 0 Å². The fraction of sp³-hybridized carbons (Fsp3) is 0.526. The minimum atomic E-state index is -0.327. The van der Waals surface area contributed by atoms with Gasteiger partial charge in [-0.25, -0.2) is 9.40 Å². The second kappa shape index (κ2) is 8.40. The maximum atomic E-state index is 13.0. The van der Waals surface area contributed by atoms with Gasteiger partial charge in [-0.3, -0.25) is 9.59 Å². The molecule has 1 atom stereocenters. The van der Waals surface area contributed by atoms with Crippen molar-refractivity contribution in [3.8, 4) is 0 Å². The Hall–Kier alpha value is -2.28. The minimum Gasteiger partial charge on any atom is -0.377 e. The van der Waals surface area contributed by atoms with Gasteiger partial charge in [0.05, 0.1) is 12.6 Å². The summed E-state index contributed by atoms with van der Waals surface area (Å²) in [5.41, 5.74) is 1.18. The third-order valence-electron chi connectivity index (χ3n) is 4.67. The molecule has 2 aliphatic heterocycles. The van der Waals surface area contributed by atoms with Gasteiger partial charge in [0.15, 0.2) is 0 Å². The van der Waals surface area contributed by atoms with Crippen LogP contribution in [0.3, 0.4) is 0 Å². The molecule has 0 radical (unpaired) electrons. The van der Waals surface area contributed by atoms with E-state index < -0.39 is 0 Å². The van der Waals surface area contributed by atoms with Crippen molar-refractivity contribution in [2.75, 3.05) is 19.7 Å². The lowest BCUT2D eigenvalue weighted by atomic mass is 10.1. The molecule has 1 saturated heterocycles. The topological polar surface area (TPSA) is 62.2 Å². The molecule has 2 amide bonds. The number of benzene rings is 1. The molecule has 0 bridgehead atoms. The number of hydrazone groups is 1. The standard InChI is InChI=1S/C19H24FN3O3/c1-2-26-16-4-3-11-22(13-16)19(25)17-9-10-18(24)23(21-17)12-14-5-7-15(20)8-6-14/h5-8,16H,2-4,9-13H2,1H3. The molecule has 1 aromatic rings. The van der Waals surface area contributed by atoms with Crippen molar-refractivity contribution in [3.63, 3.8) is 0 Å². The highest BCUT2D eigenvalue weighted by Crippen LogP contribution is 2.18. The van der Waals surface area contributed by atoms with Crippen molar-refractivity contribution >= 4 is 17.5 Å². The van der Waals surface area contributed by atoms with Crippen LogP contribution in [0.2, 0.25) is 0 Å². The van der Waals surface area contributed by atoms with E-state index in [0.717, 1.165) is 18.4 Å². The van der Waals surface area contributed by atoms with E-state index in [2.05, 4.69) is 5.10 Å². The molecule has 0 spiro atoms. The number of hydrogen-bond acceptors (Lipinski definition) is 4. The van der Waals surface area contributed by atoms with Crippen LogP contribution >= 0.6 is 0 Å². The zero-order chi connectivity index (χ0) is 18.5. The predicted molar refractivity (Wildman–Crippen MR) is 94.8 cm³/mol. The number of ether oxygens (including phenoxy) is 1. The molecule has 0 saturated carbocycles. The van der Waals surface area contributed by atoms with Crippen molar-refractivity contribution in [1.29, 1.82) is 0 Å². The zero-order valence-corrected chi connectivity index (χ0v) is 15.0. The highest BCUT2D eigenvalue weighted by molar-refractivity contribution is 6.39. The van der Waals surface area contributed by atoms with Crippen molar-refractivity contribution in [3.05, 3.63) is 35.6 Å². The van der Waals surface area contributed by atoms with Gasteiger partial charge in [-0.1, -0.05) is 12.1 Å². The van der Waals surface area contributed by atoms with Crippen LogP contribution in [0.25, 0.3) is 0 Å². The Morgan fingerprint density at radius 3 is 2.81 bits per heavy atom. The summed E-state index contributed by atoms with van der Waals surface area (Å²) in [5.74, 6) is -0.574. The Balaban J connectivity index is 1.69. The van der Waals surface area contributed by atoms with Crippen LogP contribution in [-0.2, 0) is 20.9 Å². The molecule has 1 fully saturated rings. The average Bonchev–Trinajstić information content (AvgIpc) is 2.65. The van der Waals surface area contributed by atoms with E-state index in [1.807, 2.05) is 6.92 Å². The molecule has 0 aromatic heterocycles. The van der Waals surface area contributed by atoms with Gasteiger partial charge in [0.2, 0.25) is 5.91 Å². The van der Waals surface area contributed by atoms with Gasteiger partial charge in [-0.15, -0.1) is 0 Å². The van der Waals surface area contributed by atoms with E-state index in [-0.39, 0.29) is 36.7 Å². The Morgan fingerprint density at radius 1 is 1.31 bits per heavy atom. The lowest BCUT2D eigenvalue weighted by Crippen LogP contribution is -2.47. The first kappa shape index (κ1) is 18.5. The van der Waals surface area contributed by atoms with Gasteiger partial charge in [0.1, 0.15) is 11.5 Å². The summed E-state index contributed by atoms with van der Waals surface area (Å²) < 4.78 is 18.7. The number of halogens is 1. The van der Waals surface area contributed by atoms with Crippen molar-refractivity contribution in [1.82, 2.24) is 9.91 Å². The monoisotopic (exact) mass is 361 g/mol. The number of piperidine rings is 1. The van der Waals surface area contributed by atoms with E-state index in [9.17, 15) is 14.0 Å². The molecule has 2 heterocycles. The average molecular weight is 361 g/mol. The third kappa shape index (κ3) is 4.46. The highest BCUT2D eigenvalue weighted by atomic mass is 19.1. The molecule has 0 N–H and O–H groups in total. The van der Waals surface area contributed by atoms with Crippen molar-refractivity contribution in [2.24, 2.45) is 5.10 Å². The summed E-state index contributed by atoms with van der Waals surface area (Å²) in [4.78, 5) is 26.7. The molecular weight excluding hydrogens is 337 g/mol. The van der Waals surface area contributed by atoms with Gasteiger partial charge in [-0.05, 0) is 37.5 Å². The fourth-order valence-electron chi connectivity index (χ4n) is 3.32. The number of amides is 2. The summed E-state index contributed by atoms with van der Waals surface area (Å²) >= 11 is 0. The van der Waals surface area contributed by atoms with Gasteiger partial charge in [0.25, 0.3) is 5.91 Å². The minimum absolute atomic E-state index is 0.0684. The number of carbonyl (C=O) groups excluding carboxylic acids is 2. The first-order chi connectivity index (χ1) is 12.6. The SMILES string of the molecule is CCOC1CCCN(C(=O)C2=NN(Cc3ccc(F)cc3)C(=O)CC2)C1. The van der Waals surface area contributed by atoms with Crippen molar-refractivity contribution < 1.29 is 18.7 Å². The largest absolute Gasteiger partial charge is 0.377 e. The molecule has 1 aromatic carbocycles. The Labute approximate surface area is 152 Å². The molecule has 0 aliphatic carbocycles. The molecule has 1 unspecified atom stereocenters. The summed E-state index contributed by atoms with van der Waals surface area (Å²) in [5, 5.41) is 5.61. The van der Waals surface area contributed by atoms with Gasteiger partial charge < -0.3 is 9.64 Å².